The average molecular weight is 214 g/mol. The van der Waals surface area contributed by atoms with Gasteiger partial charge < -0.3 is 14.6 Å². The molecule has 3 heterocycles. The maximum atomic E-state index is 5.46. The lowest BCUT2D eigenvalue weighted by Gasteiger charge is -2.29. The molecule has 2 aromatic rings. The van der Waals surface area contributed by atoms with Crippen molar-refractivity contribution in [2.24, 2.45) is 0 Å². The van der Waals surface area contributed by atoms with Crippen LogP contribution in [-0.4, -0.2) is 25.2 Å². The van der Waals surface area contributed by atoms with Crippen molar-refractivity contribution in [2.45, 2.75) is 18.5 Å². The third-order valence-corrected chi connectivity index (χ3v) is 3.84. The van der Waals surface area contributed by atoms with Gasteiger partial charge in [0.15, 0.2) is 0 Å². The fraction of sp³-hybridized carbons (Fsp3) is 0.385. The molecule has 0 unspecified atom stereocenters. The Morgan fingerprint density at radius 1 is 1.31 bits per heavy atom. The molecule has 3 heteroatoms. The fourth-order valence-corrected chi connectivity index (χ4v) is 3.08. The second-order valence-electron chi connectivity index (χ2n) is 4.76. The number of benzene rings is 1. The van der Waals surface area contributed by atoms with Gasteiger partial charge in [-0.1, -0.05) is 6.07 Å². The van der Waals surface area contributed by atoms with Gasteiger partial charge in [-0.05, 0) is 24.6 Å². The van der Waals surface area contributed by atoms with Gasteiger partial charge in [0.05, 0.1) is 6.26 Å². The molecule has 0 radical (unpaired) electrons. The highest BCUT2D eigenvalue weighted by Crippen LogP contribution is 2.34. The molecular weight excluding hydrogens is 200 g/mol. The Hall–Kier alpha value is -1.48. The monoisotopic (exact) mass is 214 g/mol. The zero-order valence-corrected chi connectivity index (χ0v) is 9.02. The summed E-state index contributed by atoms with van der Waals surface area (Å²) in [7, 11) is 0. The molecule has 82 valence electrons. The molecule has 1 aromatic heterocycles. The molecule has 0 saturated carbocycles. The summed E-state index contributed by atoms with van der Waals surface area (Å²) >= 11 is 0. The number of hydrogen-bond donors (Lipinski definition) is 1. The van der Waals surface area contributed by atoms with Crippen LogP contribution < -0.4 is 10.2 Å². The quantitative estimate of drug-likeness (QED) is 0.787. The van der Waals surface area contributed by atoms with Crippen LogP contribution in [0.2, 0.25) is 0 Å². The van der Waals surface area contributed by atoms with Crippen molar-refractivity contribution < 1.29 is 4.42 Å². The van der Waals surface area contributed by atoms with E-state index in [4.69, 9.17) is 4.42 Å². The third-order valence-electron chi connectivity index (χ3n) is 3.84. The first-order valence-electron chi connectivity index (χ1n) is 5.88. The smallest absolute Gasteiger partial charge is 0.135 e. The normalized spacial score (nSPS) is 28.1. The predicted molar refractivity (Wildman–Crippen MR) is 63.8 cm³/mol. The van der Waals surface area contributed by atoms with Crippen LogP contribution >= 0.6 is 0 Å². The largest absolute Gasteiger partial charge is 0.464 e. The number of nitrogens with one attached hydrogen (secondary N) is 1. The standard InChI is InChI=1S/C13H14N2O/c1-2-12(11-4-5-16-13(11)3-1)15-8-9-6-10(15)7-14-9/h1-5,9-10,14H,6-8H2/t9-,10-/m0/s1. The van der Waals surface area contributed by atoms with Crippen molar-refractivity contribution in [3.63, 3.8) is 0 Å². The first-order chi connectivity index (χ1) is 7.92. The van der Waals surface area contributed by atoms with E-state index in [9.17, 15) is 0 Å². The molecule has 2 aliphatic heterocycles. The lowest BCUT2D eigenvalue weighted by atomic mass is 10.2. The topological polar surface area (TPSA) is 28.4 Å². The molecule has 0 spiro atoms. The highest BCUT2D eigenvalue weighted by molar-refractivity contribution is 5.91. The summed E-state index contributed by atoms with van der Waals surface area (Å²) in [5.74, 6) is 0. The highest BCUT2D eigenvalue weighted by atomic mass is 16.3. The second-order valence-corrected chi connectivity index (χ2v) is 4.76. The molecule has 3 nitrogen and oxygen atoms in total. The molecule has 0 amide bonds. The van der Waals surface area contributed by atoms with Crippen LogP contribution in [0.15, 0.2) is 34.9 Å². The van der Waals surface area contributed by atoms with Crippen molar-refractivity contribution in [3.05, 3.63) is 30.5 Å². The van der Waals surface area contributed by atoms with E-state index in [1.54, 1.807) is 6.26 Å². The summed E-state index contributed by atoms with van der Waals surface area (Å²) in [6.45, 7) is 2.26. The van der Waals surface area contributed by atoms with Crippen LogP contribution in [0.5, 0.6) is 0 Å². The van der Waals surface area contributed by atoms with E-state index in [0.29, 0.717) is 12.1 Å². The number of rotatable bonds is 1. The Morgan fingerprint density at radius 2 is 2.31 bits per heavy atom. The number of nitrogens with zero attached hydrogens (tertiary/aromatic N) is 1. The average Bonchev–Trinajstić information content (AvgIpc) is 3.03. The van der Waals surface area contributed by atoms with E-state index in [-0.39, 0.29) is 0 Å². The molecule has 2 saturated heterocycles. The Labute approximate surface area is 94.0 Å². The van der Waals surface area contributed by atoms with Crippen molar-refractivity contribution in [2.75, 3.05) is 18.0 Å². The molecule has 1 N–H and O–H groups in total. The van der Waals surface area contributed by atoms with E-state index in [1.807, 2.05) is 6.07 Å². The fourth-order valence-electron chi connectivity index (χ4n) is 3.08. The SMILES string of the molecule is c1cc(N2C[C@@H]3C[C@H]2CN3)c2ccoc2c1. The minimum Gasteiger partial charge on any atom is -0.464 e. The zero-order valence-electron chi connectivity index (χ0n) is 9.02. The molecule has 2 atom stereocenters. The van der Waals surface area contributed by atoms with Crippen LogP contribution in [0.1, 0.15) is 6.42 Å². The lowest BCUT2D eigenvalue weighted by molar-refractivity contribution is 0.581. The van der Waals surface area contributed by atoms with E-state index in [2.05, 4.69) is 28.4 Å². The summed E-state index contributed by atoms with van der Waals surface area (Å²) in [4.78, 5) is 2.53. The van der Waals surface area contributed by atoms with E-state index >= 15 is 0 Å². The summed E-state index contributed by atoms with van der Waals surface area (Å²) in [6.07, 6.45) is 3.06. The molecule has 0 aliphatic carbocycles. The van der Waals surface area contributed by atoms with Gasteiger partial charge in [0.1, 0.15) is 5.58 Å². The van der Waals surface area contributed by atoms with Gasteiger partial charge in [-0.15, -0.1) is 0 Å². The van der Waals surface area contributed by atoms with Gasteiger partial charge in [-0.3, -0.25) is 0 Å². The van der Waals surface area contributed by atoms with Crippen LogP contribution in [0, 0.1) is 0 Å². The van der Waals surface area contributed by atoms with Gasteiger partial charge in [0, 0.05) is 36.2 Å². The van der Waals surface area contributed by atoms with Gasteiger partial charge in [0.2, 0.25) is 0 Å². The van der Waals surface area contributed by atoms with E-state index in [0.717, 1.165) is 18.7 Å². The molecule has 2 bridgehead atoms. The summed E-state index contributed by atoms with van der Waals surface area (Å²) in [6, 6.07) is 9.76. The van der Waals surface area contributed by atoms with Crippen LogP contribution in [0.25, 0.3) is 11.0 Å². The molecule has 1 aromatic carbocycles. The van der Waals surface area contributed by atoms with Crippen molar-refractivity contribution in [1.82, 2.24) is 5.32 Å². The summed E-state index contributed by atoms with van der Waals surface area (Å²) in [5, 5.41) is 4.78. The van der Waals surface area contributed by atoms with Crippen LogP contribution in [0.3, 0.4) is 0 Å². The second kappa shape index (κ2) is 3.01. The van der Waals surface area contributed by atoms with Crippen LogP contribution in [0.4, 0.5) is 5.69 Å². The van der Waals surface area contributed by atoms with Gasteiger partial charge in [-0.2, -0.15) is 0 Å². The minimum absolute atomic E-state index is 0.672. The lowest BCUT2D eigenvalue weighted by Crippen LogP contribution is -2.43. The summed E-state index contributed by atoms with van der Waals surface area (Å²) < 4.78 is 5.46. The van der Waals surface area contributed by atoms with E-state index < -0.39 is 0 Å². The number of hydrogen-bond acceptors (Lipinski definition) is 3. The Balaban J connectivity index is 1.84. The van der Waals surface area contributed by atoms with E-state index in [1.165, 1.54) is 17.5 Å². The first-order valence-corrected chi connectivity index (χ1v) is 5.88. The Kier molecular flexibility index (Phi) is 1.63. The summed E-state index contributed by atoms with van der Waals surface area (Å²) in [5.41, 5.74) is 2.33. The molecule has 4 rings (SSSR count). The van der Waals surface area contributed by atoms with Crippen molar-refractivity contribution in [1.29, 1.82) is 0 Å². The zero-order chi connectivity index (χ0) is 10.5. The van der Waals surface area contributed by atoms with Gasteiger partial charge in [-0.25, -0.2) is 0 Å². The molecule has 2 fully saturated rings. The number of piperazine rings is 1. The van der Waals surface area contributed by atoms with Crippen LogP contribution in [-0.2, 0) is 0 Å². The Morgan fingerprint density at radius 3 is 3.12 bits per heavy atom. The number of anilines is 1. The van der Waals surface area contributed by atoms with Crippen molar-refractivity contribution >= 4 is 16.7 Å². The maximum Gasteiger partial charge on any atom is 0.135 e. The third kappa shape index (κ3) is 1.06. The number of fused-ring (bicyclic) bond motifs is 3. The number of furan rings is 1. The highest BCUT2D eigenvalue weighted by Gasteiger charge is 2.38. The van der Waals surface area contributed by atoms with Gasteiger partial charge in [0.25, 0.3) is 0 Å². The Bertz CT molecular complexity index is 533. The predicted octanol–water partition coefficient (Wildman–Crippen LogP) is 1.98. The first kappa shape index (κ1) is 8.65. The maximum absolute atomic E-state index is 5.46. The molecule has 2 aliphatic rings. The van der Waals surface area contributed by atoms with Crippen molar-refractivity contribution in [3.8, 4) is 0 Å². The minimum atomic E-state index is 0.672. The molecule has 16 heavy (non-hydrogen) atoms. The van der Waals surface area contributed by atoms with Gasteiger partial charge >= 0.3 is 0 Å². The molecular formula is C13H14N2O.